The van der Waals surface area contributed by atoms with Crippen LogP contribution in [0, 0.1) is 0 Å². The van der Waals surface area contributed by atoms with Gasteiger partial charge < -0.3 is 5.11 Å². The topological polar surface area (TPSA) is 49.3 Å². The molecule has 0 aromatic heterocycles. The van der Waals surface area contributed by atoms with E-state index in [0.717, 1.165) is 22.9 Å². The van der Waals surface area contributed by atoms with Crippen LogP contribution in [0.25, 0.3) is 0 Å². The lowest BCUT2D eigenvalue weighted by atomic mass is 10.1. The lowest BCUT2D eigenvalue weighted by Crippen LogP contribution is -2.35. The zero-order valence-corrected chi connectivity index (χ0v) is 11.1. The van der Waals surface area contributed by atoms with E-state index in [1.165, 1.54) is 12.8 Å². The van der Waals surface area contributed by atoms with Crippen molar-refractivity contribution in [1.82, 2.24) is 5.32 Å². The molecule has 1 saturated carbocycles. The van der Waals surface area contributed by atoms with E-state index in [9.17, 15) is 9.90 Å². The summed E-state index contributed by atoms with van der Waals surface area (Å²) in [5, 5.41) is 12.5. The predicted molar refractivity (Wildman–Crippen MR) is 69.9 cm³/mol. The fourth-order valence-corrected chi connectivity index (χ4v) is 2.56. The molecular weight excluding hydrogens is 282 g/mol. The smallest absolute Gasteiger partial charge is 0.325 e. The van der Waals surface area contributed by atoms with Gasteiger partial charge in [0.1, 0.15) is 6.04 Å². The molecule has 0 radical (unpaired) electrons. The van der Waals surface area contributed by atoms with Gasteiger partial charge in [-0.2, -0.15) is 0 Å². The largest absolute Gasteiger partial charge is 0.480 e. The van der Waals surface area contributed by atoms with Crippen molar-refractivity contribution in [3.8, 4) is 0 Å². The number of hydrogen-bond acceptors (Lipinski definition) is 2. The summed E-state index contributed by atoms with van der Waals surface area (Å²) in [6, 6.07) is 7.21. The molecule has 1 aromatic rings. The van der Waals surface area contributed by atoms with Crippen molar-refractivity contribution in [3.05, 3.63) is 34.3 Å². The second-order valence-electron chi connectivity index (χ2n) is 4.47. The highest BCUT2D eigenvalue weighted by atomic mass is 79.9. The SMILES string of the molecule is O=C(O)C(NC1CCCC1)c1ccc(Br)cc1. The average Bonchev–Trinajstić information content (AvgIpc) is 2.80. The fraction of sp³-hybridized carbons (Fsp3) is 0.462. The minimum Gasteiger partial charge on any atom is -0.480 e. The van der Waals surface area contributed by atoms with Crippen molar-refractivity contribution >= 4 is 21.9 Å². The van der Waals surface area contributed by atoms with E-state index in [0.29, 0.717) is 6.04 Å². The molecule has 0 bridgehead atoms. The Morgan fingerprint density at radius 1 is 1.29 bits per heavy atom. The van der Waals surface area contributed by atoms with E-state index in [1.54, 1.807) is 0 Å². The van der Waals surface area contributed by atoms with Gasteiger partial charge in [0, 0.05) is 10.5 Å². The number of nitrogens with one attached hydrogen (secondary N) is 1. The molecule has 92 valence electrons. The first-order chi connectivity index (χ1) is 8.16. The van der Waals surface area contributed by atoms with Crippen LogP contribution in [0.4, 0.5) is 0 Å². The van der Waals surface area contributed by atoms with Crippen molar-refractivity contribution in [2.45, 2.75) is 37.8 Å². The van der Waals surface area contributed by atoms with E-state index < -0.39 is 12.0 Å². The molecule has 3 nitrogen and oxygen atoms in total. The summed E-state index contributed by atoms with van der Waals surface area (Å²) in [6.07, 6.45) is 4.56. The maximum Gasteiger partial charge on any atom is 0.325 e. The molecule has 0 aliphatic heterocycles. The third-order valence-corrected chi connectivity index (χ3v) is 3.74. The maximum absolute atomic E-state index is 11.3. The van der Waals surface area contributed by atoms with Gasteiger partial charge in [0.15, 0.2) is 0 Å². The van der Waals surface area contributed by atoms with Crippen molar-refractivity contribution in [2.24, 2.45) is 0 Å². The van der Waals surface area contributed by atoms with Crippen molar-refractivity contribution in [1.29, 1.82) is 0 Å². The molecule has 2 rings (SSSR count). The summed E-state index contributed by atoms with van der Waals surface area (Å²) < 4.78 is 0.964. The number of carboxylic acid groups (broad SMARTS) is 1. The first kappa shape index (κ1) is 12.6. The number of aliphatic carboxylic acids is 1. The second kappa shape index (κ2) is 5.65. The van der Waals surface area contributed by atoms with Gasteiger partial charge in [0.2, 0.25) is 0 Å². The zero-order chi connectivity index (χ0) is 12.3. The Balaban J connectivity index is 2.10. The van der Waals surface area contributed by atoms with E-state index >= 15 is 0 Å². The third kappa shape index (κ3) is 3.30. The molecule has 1 aliphatic carbocycles. The molecule has 0 heterocycles. The Labute approximate surface area is 109 Å². The van der Waals surface area contributed by atoms with Crippen molar-refractivity contribution in [2.75, 3.05) is 0 Å². The Kier molecular flexibility index (Phi) is 4.18. The third-order valence-electron chi connectivity index (χ3n) is 3.21. The monoisotopic (exact) mass is 297 g/mol. The number of halogens is 1. The van der Waals surface area contributed by atoms with Crippen LogP contribution < -0.4 is 5.32 Å². The Morgan fingerprint density at radius 3 is 2.41 bits per heavy atom. The van der Waals surface area contributed by atoms with Crippen LogP contribution in [-0.4, -0.2) is 17.1 Å². The Hall–Kier alpha value is -0.870. The van der Waals surface area contributed by atoms with Crippen LogP contribution in [0.1, 0.15) is 37.3 Å². The molecule has 1 aromatic carbocycles. The maximum atomic E-state index is 11.3. The minimum absolute atomic E-state index is 0.347. The number of benzene rings is 1. The van der Waals surface area contributed by atoms with Crippen LogP contribution in [0.15, 0.2) is 28.7 Å². The van der Waals surface area contributed by atoms with Gasteiger partial charge in [-0.15, -0.1) is 0 Å². The quantitative estimate of drug-likeness (QED) is 0.898. The van der Waals surface area contributed by atoms with Gasteiger partial charge in [0.25, 0.3) is 0 Å². The molecule has 1 fully saturated rings. The van der Waals surface area contributed by atoms with Gasteiger partial charge in [-0.1, -0.05) is 40.9 Å². The Bertz CT molecular complexity index is 385. The van der Waals surface area contributed by atoms with Gasteiger partial charge in [0.05, 0.1) is 0 Å². The first-order valence-electron chi connectivity index (χ1n) is 5.91. The lowest BCUT2D eigenvalue weighted by molar-refractivity contribution is -0.139. The second-order valence-corrected chi connectivity index (χ2v) is 5.39. The van der Waals surface area contributed by atoms with E-state index in [2.05, 4.69) is 21.2 Å². The zero-order valence-electron chi connectivity index (χ0n) is 9.53. The molecular formula is C13H16BrNO2. The summed E-state index contributed by atoms with van der Waals surface area (Å²) in [6.45, 7) is 0. The van der Waals surface area contributed by atoms with Crippen molar-refractivity contribution in [3.63, 3.8) is 0 Å². The van der Waals surface area contributed by atoms with E-state index in [1.807, 2.05) is 24.3 Å². The molecule has 17 heavy (non-hydrogen) atoms. The Morgan fingerprint density at radius 2 is 1.88 bits per heavy atom. The summed E-state index contributed by atoms with van der Waals surface area (Å²) in [5.74, 6) is -0.806. The minimum atomic E-state index is -0.806. The number of hydrogen-bond donors (Lipinski definition) is 2. The molecule has 4 heteroatoms. The summed E-state index contributed by atoms with van der Waals surface area (Å²) >= 11 is 3.35. The summed E-state index contributed by atoms with van der Waals surface area (Å²) in [5.41, 5.74) is 0.813. The molecule has 2 N–H and O–H groups in total. The van der Waals surface area contributed by atoms with Crippen molar-refractivity contribution < 1.29 is 9.90 Å². The highest BCUT2D eigenvalue weighted by Crippen LogP contribution is 2.23. The lowest BCUT2D eigenvalue weighted by Gasteiger charge is -2.19. The fourth-order valence-electron chi connectivity index (χ4n) is 2.29. The average molecular weight is 298 g/mol. The molecule has 1 aliphatic rings. The summed E-state index contributed by atoms with van der Waals surface area (Å²) in [7, 11) is 0. The highest BCUT2D eigenvalue weighted by Gasteiger charge is 2.24. The molecule has 0 spiro atoms. The van der Waals surface area contributed by atoms with E-state index in [4.69, 9.17) is 0 Å². The summed E-state index contributed by atoms with van der Waals surface area (Å²) in [4.78, 5) is 11.3. The van der Waals surface area contributed by atoms with Crippen LogP contribution in [0.3, 0.4) is 0 Å². The number of carboxylic acids is 1. The van der Waals surface area contributed by atoms with Crippen LogP contribution >= 0.6 is 15.9 Å². The van der Waals surface area contributed by atoms with Crippen LogP contribution in [0.5, 0.6) is 0 Å². The highest BCUT2D eigenvalue weighted by molar-refractivity contribution is 9.10. The number of rotatable bonds is 4. The standard InChI is InChI=1S/C13H16BrNO2/c14-10-7-5-9(6-8-10)12(13(16)17)15-11-3-1-2-4-11/h5-8,11-12,15H,1-4H2,(H,16,17). The molecule has 1 unspecified atom stereocenters. The van der Waals surface area contributed by atoms with Crippen LogP contribution in [-0.2, 0) is 4.79 Å². The van der Waals surface area contributed by atoms with Crippen LogP contribution in [0.2, 0.25) is 0 Å². The number of carbonyl (C=O) groups is 1. The van der Waals surface area contributed by atoms with Gasteiger partial charge in [-0.25, -0.2) is 0 Å². The molecule has 0 amide bonds. The predicted octanol–water partition coefficient (Wildman–Crippen LogP) is 3.11. The van der Waals surface area contributed by atoms with Gasteiger partial charge in [-0.3, -0.25) is 10.1 Å². The molecule has 1 atom stereocenters. The molecule has 0 saturated heterocycles. The normalized spacial score (nSPS) is 18.2. The van der Waals surface area contributed by atoms with Gasteiger partial charge in [-0.05, 0) is 30.5 Å². The first-order valence-corrected chi connectivity index (χ1v) is 6.70. The van der Waals surface area contributed by atoms with E-state index in [-0.39, 0.29) is 0 Å². The van der Waals surface area contributed by atoms with Gasteiger partial charge >= 0.3 is 5.97 Å².